The van der Waals surface area contributed by atoms with Gasteiger partial charge in [-0.3, -0.25) is 14.5 Å². The summed E-state index contributed by atoms with van der Waals surface area (Å²) in [6.07, 6.45) is 4.90. The largest absolute Gasteiger partial charge is 0.461 e. The van der Waals surface area contributed by atoms with Gasteiger partial charge < -0.3 is 20.1 Å². The first-order valence-electron chi connectivity index (χ1n) is 18.1. The lowest BCUT2D eigenvalue weighted by Gasteiger charge is -2.44. The van der Waals surface area contributed by atoms with Crippen molar-refractivity contribution < 1.29 is 22.6 Å². The fourth-order valence-electron chi connectivity index (χ4n) is 9.82. The maximum atomic E-state index is 17.7. The Kier molecular flexibility index (Phi) is 7.41. The number of halogens is 3. The summed E-state index contributed by atoms with van der Waals surface area (Å²) in [5, 5.41) is 16.3. The van der Waals surface area contributed by atoms with E-state index in [0.717, 1.165) is 76.4 Å². The van der Waals surface area contributed by atoms with Crippen molar-refractivity contribution in [2.75, 3.05) is 63.2 Å². The van der Waals surface area contributed by atoms with E-state index in [9.17, 15) is 9.65 Å². The number of hydrogen-bond acceptors (Lipinski definition) is 11. The zero-order valence-electron chi connectivity index (χ0n) is 28.7. The van der Waals surface area contributed by atoms with Gasteiger partial charge in [0.15, 0.2) is 5.82 Å². The smallest absolute Gasteiger partial charge is 0.319 e. The highest BCUT2D eigenvalue weighted by Crippen LogP contribution is 2.48. The molecule has 4 atom stereocenters. The zero-order valence-corrected chi connectivity index (χ0v) is 29.6. The first-order valence-corrected chi connectivity index (χ1v) is 18.9. The van der Waals surface area contributed by atoms with Crippen molar-refractivity contribution in [3.8, 4) is 23.2 Å². The van der Waals surface area contributed by atoms with Crippen LogP contribution in [-0.4, -0.2) is 106 Å². The molecule has 5 aliphatic rings. The van der Waals surface area contributed by atoms with Crippen LogP contribution in [0.15, 0.2) is 18.3 Å². The molecule has 5 fully saturated rings. The van der Waals surface area contributed by atoms with Gasteiger partial charge in [0.1, 0.15) is 46.5 Å². The Morgan fingerprint density at radius 1 is 1.10 bits per heavy atom. The van der Waals surface area contributed by atoms with Crippen molar-refractivity contribution >= 4 is 54.0 Å². The second-order valence-electron chi connectivity index (χ2n) is 15.3. The van der Waals surface area contributed by atoms with E-state index in [2.05, 4.69) is 20.8 Å². The van der Waals surface area contributed by atoms with Crippen molar-refractivity contribution in [3.63, 3.8) is 0 Å². The number of nitrogens with zero attached hydrogens (tertiary/aromatic N) is 8. The summed E-state index contributed by atoms with van der Waals surface area (Å²) in [5.41, 5.74) is 5.90. The normalized spacial score (nSPS) is 26.5. The number of alkyl halides is 1. The Morgan fingerprint density at radius 3 is 2.65 bits per heavy atom. The van der Waals surface area contributed by atoms with Crippen molar-refractivity contribution in [1.29, 1.82) is 5.26 Å². The van der Waals surface area contributed by atoms with Crippen LogP contribution >= 0.6 is 11.3 Å². The van der Waals surface area contributed by atoms with Crippen molar-refractivity contribution in [3.05, 3.63) is 35.5 Å². The molecular weight excluding hydrogens is 692 g/mol. The Balaban J connectivity index is 1.18. The first-order chi connectivity index (χ1) is 25.2. The number of piperazine rings is 1. The van der Waals surface area contributed by atoms with E-state index in [1.54, 1.807) is 24.0 Å². The molecule has 0 unspecified atom stereocenters. The molecule has 5 aliphatic heterocycles. The molecule has 0 aliphatic carbocycles. The monoisotopic (exact) mass is 729 g/mol. The number of rotatable bonds is 7. The fourth-order valence-corrected chi connectivity index (χ4v) is 10.8. The highest BCUT2D eigenvalue weighted by atomic mass is 32.1. The quantitative estimate of drug-likeness (QED) is 0.234. The summed E-state index contributed by atoms with van der Waals surface area (Å²) in [6, 6.07) is 5.20. The van der Waals surface area contributed by atoms with E-state index in [4.69, 9.17) is 30.3 Å². The molecule has 0 radical (unpaired) electrons. The minimum absolute atomic E-state index is 0.00346. The minimum atomic E-state index is -0.934. The molecule has 52 heavy (non-hydrogen) atoms. The molecule has 0 spiro atoms. The third kappa shape index (κ3) is 4.83. The first kappa shape index (κ1) is 32.4. The second kappa shape index (κ2) is 11.9. The van der Waals surface area contributed by atoms with Crippen molar-refractivity contribution in [2.24, 2.45) is 13.0 Å². The van der Waals surface area contributed by atoms with Gasteiger partial charge in [-0.15, -0.1) is 11.3 Å². The van der Waals surface area contributed by atoms with Crippen molar-refractivity contribution in [1.82, 2.24) is 29.5 Å². The Bertz CT molecular complexity index is 2310. The average Bonchev–Trinajstić information content (AvgIpc) is 3.88. The Morgan fingerprint density at radius 2 is 1.90 bits per heavy atom. The molecule has 15 heteroatoms. The Labute approximate surface area is 301 Å². The maximum absolute atomic E-state index is 17.7. The lowest BCUT2D eigenvalue weighted by Crippen LogP contribution is -2.56. The van der Waals surface area contributed by atoms with Crippen molar-refractivity contribution in [2.45, 2.75) is 55.9 Å². The number of hydrogen-bond donors (Lipinski definition) is 1. The van der Waals surface area contributed by atoms with E-state index in [-0.39, 0.29) is 62.8 Å². The molecule has 8 heterocycles. The molecular formula is C37H38F3N9O2S. The third-order valence-electron chi connectivity index (χ3n) is 12.1. The zero-order chi connectivity index (χ0) is 35.5. The molecule has 5 saturated heterocycles. The topological polar surface area (TPSA) is 122 Å². The minimum Gasteiger partial charge on any atom is -0.461 e. The molecule has 270 valence electrons. The molecule has 2 bridgehead atoms. The number of nitrogen functional groups attached to an aromatic ring is 1. The molecule has 3 aromatic heterocycles. The molecule has 2 N–H and O–H groups in total. The van der Waals surface area contributed by atoms with Crippen LogP contribution in [0.5, 0.6) is 6.01 Å². The van der Waals surface area contributed by atoms with Gasteiger partial charge in [-0.05, 0) is 44.4 Å². The van der Waals surface area contributed by atoms with E-state index in [1.807, 2.05) is 0 Å². The number of ether oxygens (including phenoxy) is 2. The van der Waals surface area contributed by atoms with E-state index in [0.29, 0.717) is 40.2 Å². The van der Waals surface area contributed by atoms with E-state index >= 15 is 8.78 Å². The molecule has 11 nitrogen and oxygen atoms in total. The van der Waals surface area contributed by atoms with Gasteiger partial charge in [0.2, 0.25) is 0 Å². The van der Waals surface area contributed by atoms with Gasteiger partial charge >= 0.3 is 6.01 Å². The summed E-state index contributed by atoms with van der Waals surface area (Å²) in [6.45, 7) is 5.60. The summed E-state index contributed by atoms with van der Waals surface area (Å²) in [4.78, 5) is 16.8. The number of anilines is 2. The number of thiophene rings is 1. The average molecular weight is 730 g/mol. The summed E-state index contributed by atoms with van der Waals surface area (Å²) in [7, 11) is 1.74. The summed E-state index contributed by atoms with van der Waals surface area (Å²) < 4.78 is 62.5. The molecule has 10 rings (SSSR count). The van der Waals surface area contributed by atoms with Crippen LogP contribution in [0.25, 0.3) is 43.0 Å². The fraction of sp³-hybridized carbons (Fsp3) is 0.514. The van der Waals surface area contributed by atoms with Crippen LogP contribution in [0, 0.1) is 28.9 Å². The number of aromatic nitrogens is 4. The van der Waals surface area contributed by atoms with Gasteiger partial charge in [-0.2, -0.15) is 20.3 Å². The molecule has 2 aromatic carbocycles. The van der Waals surface area contributed by atoms with Crippen LogP contribution in [-0.2, 0) is 11.8 Å². The molecule has 0 amide bonds. The highest BCUT2D eigenvalue weighted by Gasteiger charge is 2.50. The van der Waals surface area contributed by atoms with Crippen LogP contribution in [0.3, 0.4) is 0 Å². The lowest BCUT2D eigenvalue weighted by molar-refractivity contribution is -0.0484. The van der Waals surface area contributed by atoms with Gasteiger partial charge in [0, 0.05) is 84.9 Å². The van der Waals surface area contributed by atoms with Gasteiger partial charge in [-0.25, -0.2) is 13.2 Å². The van der Waals surface area contributed by atoms with Crippen LogP contribution in [0.4, 0.5) is 24.0 Å². The number of likely N-dealkylation sites (tertiary alicyclic amines) is 1. The Hall–Kier alpha value is -4.23. The van der Waals surface area contributed by atoms with Crippen LogP contribution in [0.1, 0.15) is 37.7 Å². The summed E-state index contributed by atoms with van der Waals surface area (Å²) in [5.74, 6) is -0.385. The van der Waals surface area contributed by atoms with E-state index in [1.165, 1.54) is 6.07 Å². The standard InChI is InChI=1S/C37H38F3N9O2S/c1-46-15-24-28-33(31(40)30(32(24)45-46)29-25(39)5-6-26-27(29)23(10-41)34(42)52-26)43-36(51-18-37-7-2-8-48(37)12-20(38)9-37)44-35(28)49-21-3-4-22(49)14-47(13-21)11-19-16-50-17-19/h5-6,15,19-22H,2-4,7-9,11-14,16-18,42H2,1H3/t20-,21-,22+,37+/m1/s1. The lowest BCUT2D eigenvalue weighted by atomic mass is 9.94. The third-order valence-corrected chi connectivity index (χ3v) is 13.1. The summed E-state index contributed by atoms with van der Waals surface area (Å²) >= 11 is 1.15. The molecule has 0 saturated carbocycles. The number of nitrogens with two attached hydrogens (primary N) is 1. The van der Waals surface area contributed by atoms with Gasteiger partial charge in [0.25, 0.3) is 0 Å². The van der Waals surface area contributed by atoms with Crippen LogP contribution < -0.4 is 15.4 Å². The van der Waals surface area contributed by atoms with E-state index < -0.39 is 23.3 Å². The predicted molar refractivity (Wildman–Crippen MR) is 192 cm³/mol. The number of benzene rings is 2. The second-order valence-corrected chi connectivity index (χ2v) is 16.4. The SMILES string of the molecule is Cn1cc2c(n1)c(-c1c(F)ccc3sc(N)c(C#N)c13)c(F)c1nc(OC[C@@]34CCCN3C[C@H](F)C4)nc(N3[C@@H]4CC[C@H]3CN(CC3COC3)C4)c12. The highest BCUT2D eigenvalue weighted by molar-refractivity contribution is 7.23. The predicted octanol–water partition coefficient (Wildman–Crippen LogP) is 5.38. The molecule has 5 aromatic rings. The van der Waals surface area contributed by atoms with Crippen LogP contribution in [0.2, 0.25) is 0 Å². The van der Waals surface area contributed by atoms with Gasteiger partial charge in [-0.1, -0.05) is 0 Å². The number of aryl methyl sites for hydroxylation is 1. The number of nitriles is 1. The maximum Gasteiger partial charge on any atom is 0.319 e. The number of fused-ring (bicyclic) bond motifs is 7. The van der Waals surface area contributed by atoms with Gasteiger partial charge in [0.05, 0.1) is 35.3 Å².